The van der Waals surface area contributed by atoms with Crippen molar-refractivity contribution in [3.63, 3.8) is 0 Å². The Hall–Kier alpha value is -3.13. The summed E-state index contributed by atoms with van der Waals surface area (Å²) in [6.07, 6.45) is 9.87. The lowest BCUT2D eigenvalue weighted by Crippen LogP contribution is -2.44. The highest BCUT2D eigenvalue weighted by Gasteiger charge is 2.30. The number of piperazine rings is 1. The van der Waals surface area contributed by atoms with E-state index in [0.717, 1.165) is 61.3 Å². The number of carbonyl (C=O) groups is 1. The minimum atomic E-state index is 0.0452. The Labute approximate surface area is 180 Å². The lowest BCUT2D eigenvalue weighted by Gasteiger charge is -2.30. The zero-order valence-corrected chi connectivity index (χ0v) is 17.3. The molecule has 8 heteroatoms. The van der Waals surface area contributed by atoms with Gasteiger partial charge in [0.05, 0.1) is 11.7 Å². The summed E-state index contributed by atoms with van der Waals surface area (Å²) in [5, 5.41) is 7.49. The van der Waals surface area contributed by atoms with E-state index >= 15 is 0 Å². The first-order valence-corrected chi connectivity index (χ1v) is 11.1. The highest BCUT2D eigenvalue weighted by Crippen LogP contribution is 2.44. The maximum Gasteiger partial charge on any atom is 0.228 e. The van der Waals surface area contributed by atoms with Crippen molar-refractivity contribution in [2.45, 2.75) is 31.6 Å². The molecule has 3 aliphatic rings. The van der Waals surface area contributed by atoms with Crippen molar-refractivity contribution in [3.05, 3.63) is 36.3 Å². The number of anilines is 2. The van der Waals surface area contributed by atoms with E-state index in [-0.39, 0.29) is 11.8 Å². The van der Waals surface area contributed by atoms with Crippen LogP contribution in [0.5, 0.6) is 0 Å². The molecule has 3 fully saturated rings. The summed E-state index contributed by atoms with van der Waals surface area (Å²) in [5.74, 6) is 2.92. The van der Waals surface area contributed by atoms with Gasteiger partial charge in [0.1, 0.15) is 11.6 Å². The normalized spacial score (nSPS) is 18.9. The summed E-state index contributed by atoms with van der Waals surface area (Å²) in [7, 11) is 0. The number of nitrogens with one attached hydrogen (secondary N) is 2. The molecular weight excluding hydrogens is 390 g/mol. The zero-order chi connectivity index (χ0) is 20.8. The van der Waals surface area contributed by atoms with E-state index < -0.39 is 0 Å². The van der Waals surface area contributed by atoms with Gasteiger partial charge >= 0.3 is 0 Å². The van der Waals surface area contributed by atoms with E-state index in [0.29, 0.717) is 17.6 Å². The van der Waals surface area contributed by atoms with Crippen molar-refractivity contribution in [2.24, 2.45) is 5.92 Å². The summed E-state index contributed by atoms with van der Waals surface area (Å²) in [6.45, 7) is 3.71. The van der Waals surface area contributed by atoms with E-state index in [1.807, 2.05) is 24.5 Å². The Balaban J connectivity index is 1.44. The van der Waals surface area contributed by atoms with Gasteiger partial charge in [0, 0.05) is 55.4 Å². The van der Waals surface area contributed by atoms with Crippen molar-refractivity contribution >= 4 is 28.4 Å². The van der Waals surface area contributed by atoms with E-state index in [1.54, 1.807) is 6.20 Å². The van der Waals surface area contributed by atoms with Crippen LogP contribution in [0.1, 0.15) is 37.2 Å². The molecule has 158 valence electrons. The van der Waals surface area contributed by atoms with Crippen molar-refractivity contribution in [2.75, 3.05) is 36.4 Å². The average molecular weight is 416 g/mol. The van der Waals surface area contributed by atoms with Crippen LogP contribution in [0.2, 0.25) is 0 Å². The molecule has 1 saturated heterocycles. The molecule has 3 aromatic rings. The summed E-state index contributed by atoms with van der Waals surface area (Å²) in [4.78, 5) is 33.3. The molecule has 31 heavy (non-hydrogen) atoms. The van der Waals surface area contributed by atoms with Gasteiger partial charge in [-0.15, -0.1) is 0 Å². The van der Waals surface area contributed by atoms with E-state index in [1.165, 1.54) is 18.4 Å². The minimum Gasteiger partial charge on any atom is -0.353 e. The van der Waals surface area contributed by atoms with Crippen molar-refractivity contribution in [1.29, 1.82) is 0 Å². The molecule has 0 aromatic carbocycles. The monoisotopic (exact) mass is 415 g/mol. The van der Waals surface area contributed by atoms with E-state index in [4.69, 9.17) is 9.97 Å². The van der Waals surface area contributed by atoms with Crippen molar-refractivity contribution < 1.29 is 4.79 Å². The average Bonchev–Trinajstić information content (AvgIpc) is 3.72. The summed E-state index contributed by atoms with van der Waals surface area (Å²) >= 11 is 0. The van der Waals surface area contributed by atoms with Crippen LogP contribution in [-0.4, -0.2) is 52.0 Å². The molecule has 4 heterocycles. The number of fused-ring (bicyclic) bond motifs is 1. The molecule has 8 nitrogen and oxygen atoms in total. The van der Waals surface area contributed by atoms with E-state index in [2.05, 4.69) is 25.5 Å². The summed E-state index contributed by atoms with van der Waals surface area (Å²) in [5.41, 5.74) is 2.99. The van der Waals surface area contributed by atoms with Crippen LogP contribution in [0, 0.1) is 5.92 Å². The van der Waals surface area contributed by atoms with Crippen LogP contribution < -0.4 is 15.5 Å². The standard InChI is InChI=1S/C23H25N7O/c31-23(15-3-4-15)28-19-11-16(5-6-26-19)21-27-18-13-25-12-17(14-1-2-14)20(18)22(29-21)30-9-7-24-8-10-30/h5-6,11-15,24H,1-4,7-10H2,(H,26,28,31). The second-order valence-electron chi connectivity index (χ2n) is 8.70. The van der Waals surface area contributed by atoms with Crippen LogP contribution >= 0.6 is 0 Å². The Kier molecular flexibility index (Phi) is 4.52. The highest BCUT2D eigenvalue weighted by atomic mass is 16.2. The molecule has 0 unspecified atom stereocenters. The molecule has 3 aromatic heterocycles. The fraction of sp³-hybridized carbons (Fsp3) is 0.435. The number of pyridine rings is 2. The lowest BCUT2D eigenvalue weighted by molar-refractivity contribution is -0.117. The number of amides is 1. The number of carbonyl (C=O) groups excluding carboxylic acids is 1. The second-order valence-corrected chi connectivity index (χ2v) is 8.70. The van der Waals surface area contributed by atoms with Crippen LogP contribution in [-0.2, 0) is 4.79 Å². The molecule has 6 rings (SSSR count). The van der Waals surface area contributed by atoms with Crippen LogP contribution in [0.15, 0.2) is 30.7 Å². The van der Waals surface area contributed by atoms with Gasteiger partial charge < -0.3 is 15.5 Å². The maximum atomic E-state index is 12.2. The van der Waals surface area contributed by atoms with Crippen molar-refractivity contribution in [3.8, 4) is 11.4 Å². The predicted molar refractivity (Wildman–Crippen MR) is 119 cm³/mol. The Morgan fingerprint density at radius 1 is 1.10 bits per heavy atom. The molecule has 2 N–H and O–H groups in total. The molecule has 2 aliphatic carbocycles. The third-order valence-electron chi connectivity index (χ3n) is 6.27. The largest absolute Gasteiger partial charge is 0.353 e. The van der Waals surface area contributed by atoms with Crippen LogP contribution in [0.25, 0.3) is 22.3 Å². The Morgan fingerprint density at radius 2 is 1.94 bits per heavy atom. The topological polar surface area (TPSA) is 95.9 Å². The number of aromatic nitrogens is 4. The van der Waals surface area contributed by atoms with Crippen molar-refractivity contribution in [1.82, 2.24) is 25.3 Å². The molecular formula is C23H25N7O. The number of hydrogen-bond acceptors (Lipinski definition) is 7. The Morgan fingerprint density at radius 3 is 2.71 bits per heavy atom. The Bertz CT molecular complexity index is 1150. The maximum absolute atomic E-state index is 12.2. The zero-order valence-electron chi connectivity index (χ0n) is 17.3. The highest BCUT2D eigenvalue weighted by molar-refractivity contribution is 5.95. The van der Waals surface area contributed by atoms with Gasteiger partial charge in [0.2, 0.25) is 5.91 Å². The first-order valence-electron chi connectivity index (χ1n) is 11.1. The van der Waals surface area contributed by atoms with Gasteiger partial charge in [-0.3, -0.25) is 9.78 Å². The fourth-order valence-corrected chi connectivity index (χ4v) is 4.24. The molecule has 2 saturated carbocycles. The van der Waals surface area contributed by atoms with Gasteiger partial charge in [-0.1, -0.05) is 0 Å². The second kappa shape index (κ2) is 7.53. The van der Waals surface area contributed by atoms with Gasteiger partial charge in [-0.2, -0.15) is 0 Å². The third kappa shape index (κ3) is 3.72. The molecule has 0 spiro atoms. The quantitative estimate of drug-likeness (QED) is 0.661. The molecule has 1 aliphatic heterocycles. The molecule has 1 amide bonds. The SMILES string of the molecule is O=C(Nc1cc(-c2nc(N3CCNCC3)c3c(C4CC4)cncc3n2)ccn1)C1CC1. The lowest BCUT2D eigenvalue weighted by atomic mass is 10.1. The van der Waals surface area contributed by atoms with Gasteiger partial charge in [0.25, 0.3) is 0 Å². The molecule has 0 bridgehead atoms. The first-order chi connectivity index (χ1) is 15.3. The van der Waals surface area contributed by atoms with Gasteiger partial charge in [-0.05, 0) is 49.3 Å². The van der Waals surface area contributed by atoms with Crippen LogP contribution in [0.3, 0.4) is 0 Å². The molecule has 0 radical (unpaired) electrons. The predicted octanol–water partition coefficient (Wildman–Crippen LogP) is 2.72. The van der Waals surface area contributed by atoms with Gasteiger partial charge in [0.15, 0.2) is 5.82 Å². The smallest absolute Gasteiger partial charge is 0.228 e. The number of nitrogens with zero attached hydrogens (tertiary/aromatic N) is 5. The molecule has 0 atom stereocenters. The summed E-state index contributed by atoms with van der Waals surface area (Å²) < 4.78 is 0. The minimum absolute atomic E-state index is 0.0452. The number of hydrogen-bond donors (Lipinski definition) is 2. The number of rotatable bonds is 5. The first kappa shape index (κ1) is 18.6. The van der Waals surface area contributed by atoms with Gasteiger partial charge in [-0.25, -0.2) is 15.0 Å². The summed E-state index contributed by atoms with van der Waals surface area (Å²) in [6, 6.07) is 3.76. The van der Waals surface area contributed by atoms with Crippen LogP contribution in [0.4, 0.5) is 11.6 Å². The third-order valence-corrected chi connectivity index (χ3v) is 6.27. The van der Waals surface area contributed by atoms with E-state index in [9.17, 15) is 4.79 Å². The fourth-order valence-electron chi connectivity index (χ4n) is 4.24.